The van der Waals surface area contributed by atoms with E-state index < -0.39 is 0 Å². The zero-order valence-corrected chi connectivity index (χ0v) is 14.6. The number of hydrogen-bond acceptors (Lipinski definition) is 5. The number of hydrogen-bond donors (Lipinski definition) is 1. The number of hydrazone groups is 1. The van der Waals surface area contributed by atoms with E-state index in [0.29, 0.717) is 5.82 Å². The molecule has 2 aromatic heterocycles. The topological polar surface area (TPSA) is 59.4 Å². The first kappa shape index (κ1) is 16.0. The third-order valence-electron chi connectivity index (χ3n) is 4.29. The van der Waals surface area contributed by atoms with Gasteiger partial charge in [0.25, 0.3) is 0 Å². The molecule has 2 aromatic carbocycles. The highest BCUT2D eigenvalue weighted by molar-refractivity contribution is 5.98. The number of aryl methyl sites for hydroxylation is 1. The van der Waals surface area contributed by atoms with Crippen molar-refractivity contribution in [3.05, 3.63) is 71.9 Å². The van der Waals surface area contributed by atoms with Crippen molar-refractivity contribution in [1.82, 2.24) is 9.97 Å². The van der Waals surface area contributed by atoms with Gasteiger partial charge in [-0.3, -0.25) is 10.4 Å². The van der Waals surface area contributed by atoms with Crippen molar-refractivity contribution >= 4 is 33.8 Å². The first-order chi connectivity index (χ1) is 12.7. The predicted molar refractivity (Wildman–Crippen MR) is 106 cm³/mol. The van der Waals surface area contributed by atoms with Crippen molar-refractivity contribution in [3.63, 3.8) is 0 Å². The van der Waals surface area contributed by atoms with Gasteiger partial charge in [-0.1, -0.05) is 18.2 Å². The molecule has 0 fully saturated rings. The van der Waals surface area contributed by atoms with E-state index in [-0.39, 0.29) is 0 Å². The van der Waals surface area contributed by atoms with Crippen molar-refractivity contribution in [2.75, 3.05) is 12.5 Å². The van der Waals surface area contributed by atoms with Gasteiger partial charge in [-0.2, -0.15) is 5.10 Å². The molecule has 5 nitrogen and oxygen atoms in total. The minimum absolute atomic E-state index is 0.692. The number of para-hydroxylation sites is 1. The summed E-state index contributed by atoms with van der Waals surface area (Å²) in [7, 11) is 1.65. The predicted octanol–water partition coefficient (Wildman–Crippen LogP) is 4.55. The normalized spacial score (nSPS) is 11.3. The number of nitrogens with zero attached hydrogens (tertiary/aromatic N) is 3. The van der Waals surface area contributed by atoms with Crippen LogP contribution in [0.25, 0.3) is 21.8 Å². The zero-order valence-electron chi connectivity index (χ0n) is 14.6. The Hall–Kier alpha value is -3.47. The van der Waals surface area contributed by atoms with Gasteiger partial charge in [-0.05, 0) is 42.8 Å². The molecule has 0 saturated carbocycles. The van der Waals surface area contributed by atoms with Gasteiger partial charge in [0.2, 0.25) is 0 Å². The van der Waals surface area contributed by atoms with Gasteiger partial charge in [0.15, 0.2) is 0 Å². The van der Waals surface area contributed by atoms with E-state index in [1.54, 1.807) is 19.5 Å². The van der Waals surface area contributed by atoms with Crippen LogP contribution < -0.4 is 10.2 Å². The van der Waals surface area contributed by atoms with Crippen molar-refractivity contribution in [3.8, 4) is 5.75 Å². The summed E-state index contributed by atoms with van der Waals surface area (Å²) in [6.07, 6.45) is 3.57. The van der Waals surface area contributed by atoms with Gasteiger partial charge in [-0.15, -0.1) is 0 Å². The first-order valence-corrected chi connectivity index (χ1v) is 8.33. The highest BCUT2D eigenvalue weighted by Crippen LogP contribution is 2.24. The Bertz CT molecular complexity index is 1120. The molecular formula is C21H18N4O. The van der Waals surface area contributed by atoms with E-state index in [4.69, 9.17) is 4.74 Å². The summed E-state index contributed by atoms with van der Waals surface area (Å²) < 4.78 is 5.29. The largest absolute Gasteiger partial charge is 0.497 e. The average Bonchev–Trinajstić information content (AvgIpc) is 2.68. The van der Waals surface area contributed by atoms with Crippen LogP contribution in [0.15, 0.2) is 65.9 Å². The quantitative estimate of drug-likeness (QED) is 0.437. The average molecular weight is 342 g/mol. The highest BCUT2D eigenvalue weighted by Gasteiger charge is 2.04. The van der Waals surface area contributed by atoms with E-state index >= 15 is 0 Å². The van der Waals surface area contributed by atoms with Crippen LogP contribution in [0, 0.1) is 6.92 Å². The summed E-state index contributed by atoms with van der Waals surface area (Å²) in [5.74, 6) is 1.48. The van der Waals surface area contributed by atoms with Crippen molar-refractivity contribution in [2.24, 2.45) is 5.10 Å². The molecule has 4 rings (SSSR count). The molecule has 0 bridgehead atoms. The number of rotatable bonds is 4. The number of fused-ring (bicyclic) bond motifs is 2. The fraction of sp³-hybridized carbons (Fsp3) is 0.0952. The minimum Gasteiger partial charge on any atom is -0.497 e. The summed E-state index contributed by atoms with van der Waals surface area (Å²) in [4.78, 5) is 8.98. The molecule has 0 saturated heterocycles. The van der Waals surface area contributed by atoms with Gasteiger partial charge in [0.1, 0.15) is 11.6 Å². The van der Waals surface area contributed by atoms with Gasteiger partial charge in [0.05, 0.1) is 24.4 Å². The molecule has 0 aliphatic carbocycles. The van der Waals surface area contributed by atoms with Crippen molar-refractivity contribution < 1.29 is 4.74 Å². The summed E-state index contributed by atoms with van der Waals surface area (Å²) in [6, 6.07) is 17.8. The van der Waals surface area contributed by atoms with Gasteiger partial charge in [0, 0.05) is 28.6 Å². The number of methoxy groups -OCH3 is 1. The second kappa shape index (κ2) is 6.80. The molecule has 26 heavy (non-hydrogen) atoms. The highest BCUT2D eigenvalue weighted by atomic mass is 16.5. The van der Waals surface area contributed by atoms with Crippen LogP contribution in [0.1, 0.15) is 11.1 Å². The lowest BCUT2D eigenvalue weighted by Gasteiger charge is -2.07. The van der Waals surface area contributed by atoms with Crippen LogP contribution in [-0.2, 0) is 0 Å². The molecule has 1 N–H and O–H groups in total. The molecule has 0 aliphatic heterocycles. The maximum atomic E-state index is 5.29. The van der Waals surface area contributed by atoms with Crippen LogP contribution in [0.3, 0.4) is 0 Å². The van der Waals surface area contributed by atoms with Gasteiger partial charge in [-0.25, -0.2) is 4.98 Å². The Labute approximate surface area is 151 Å². The number of ether oxygens (including phenoxy) is 1. The lowest BCUT2D eigenvalue weighted by atomic mass is 10.1. The fourth-order valence-corrected chi connectivity index (χ4v) is 2.97. The van der Waals surface area contributed by atoms with Crippen LogP contribution in [0.5, 0.6) is 5.75 Å². The van der Waals surface area contributed by atoms with Crippen LogP contribution in [0.2, 0.25) is 0 Å². The zero-order chi connectivity index (χ0) is 17.9. The number of anilines is 1. The molecule has 0 atom stereocenters. The molecule has 0 radical (unpaired) electrons. The first-order valence-electron chi connectivity index (χ1n) is 8.33. The fourth-order valence-electron chi connectivity index (χ4n) is 2.97. The maximum Gasteiger partial charge on any atom is 0.147 e. The summed E-state index contributed by atoms with van der Waals surface area (Å²) in [6.45, 7) is 2.06. The van der Waals surface area contributed by atoms with Crippen LogP contribution >= 0.6 is 0 Å². The second-order valence-electron chi connectivity index (χ2n) is 5.99. The molecule has 5 heteroatoms. The Balaban J connectivity index is 1.63. The summed E-state index contributed by atoms with van der Waals surface area (Å²) in [5, 5.41) is 6.52. The molecule has 0 aliphatic rings. The molecule has 4 aromatic rings. The molecule has 0 amide bonds. The lowest BCUT2D eigenvalue weighted by molar-refractivity contribution is 0.415. The van der Waals surface area contributed by atoms with Crippen LogP contribution in [-0.4, -0.2) is 23.3 Å². The van der Waals surface area contributed by atoms with E-state index in [2.05, 4.69) is 27.4 Å². The summed E-state index contributed by atoms with van der Waals surface area (Å²) >= 11 is 0. The van der Waals surface area contributed by atoms with E-state index in [1.165, 1.54) is 0 Å². The third-order valence-corrected chi connectivity index (χ3v) is 4.29. The van der Waals surface area contributed by atoms with Gasteiger partial charge >= 0.3 is 0 Å². The SMILES string of the molecule is COc1ccc2c(C)cc(NN=Cc3ccnc4ccccc34)nc2c1. The Morgan fingerprint density at radius 1 is 1.00 bits per heavy atom. The lowest BCUT2D eigenvalue weighted by Crippen LogP contribution is -1.96. The number of pyridine rings is 2. The number of benzene rings is 2. The van der Waals surface area contributed by atoms with Crippen LogP contribution in [0.4, 0.5) is 5.82 Å². The van der Waals surface area contributed by atoms with E-state index in [0.717, 1.165) is 38.7 Å². The molecular weight excluding hydrogens is 324 g/mol. The minimum atomic E-state index is 0.692. The smallest absolute Gasteiger partial charge is 0.147 e. The van der Waals surface area contributed by atoms with Gasteiger partial charge < -0.3 is 4.74 Å². The summed E-state index contributed by atoms with van der Waals surface area (Å²) in [5.41, 5.74) is 6.98. The standard InChI is InChI=1S/C21H18N4O/c1-14-11-21(24-20-12-16(26-2)7-8-17(14)20)25-23-13-15-9-10-22-19-6-4-3-5-18(15)19/h3-13H,1-2H3,(H,24,25). The van der Waals surface area contributed by atoms with E-state index in [9.17, 15) is 0 Å². The Morgan fingerprint density at radius 3 is 2.77 bits per heavy atom. The monoisotopic (exact) mass is 342 g/mol. The molecule has 2 heterocycles. The Kier molecular flexibility index (Phi) is 4.19. The molecule has 0 unspecified atom stereocenters. The van der Waals surface area contributed by atoms with Crippen molar-refractivity contribution in [1.29, 1.82) is 0 Å². The van der Waals surface area contributed by atoms with E-state index in [1.807, 2.05) is 54.6 Å². The van der Waals surface area contributed by atoms with Crippen molar-refractivity contribution in [2.45, 2.75) is 6.92 Å². The maximum absolute atomic E-state index is 5.29. The number of nitrogens with one attached hydrogen (secondary N) is 1. The second-order valence-corrected chi connectivity index (χ2v) is 5.99. The molecule has 0 spiro atoms. The number of aromatic nitrogens is 2. The Morgan fingerprint density at radius 2 is 1.88 bits per heavy atom. The third kappa shape index (κ3) is 3.07. The molecule has 128 valence electrons.